The number of imidazole rings is 1. The van der Waals surface area contributed by atoms with Crippen LogP contribution < -0.4 is 16.2 Å². The molecule has 1 aliphatic heterocycles. The van der Waals surface area contributed by atoms with Gasteiger partial charge < -0.3 is 14.3 Å². The number of rotatable bonds is 6. The fourth-order valence-electron chi connectivity index (χ4n) is 3.35. The maximum Gasteiger partial charge on any atom is 0.239 e. The first-order chi connectivity index (χ1) is 13.2. The molecule has 0 bridgehead atoms. The second-order valence-electron chi connectivity index (χ2n) is 6.81. The zero-order chi connectivity index (χ0) is 18.6. The number of hydrazine groups is 1. The Hall–Kier alpha value is -2.90. The lowest BCUT2D eigenvalue weighted by molar-refractivity contribution is -0.123. The molecule has 1 aromatic carbocycles. The Balaban J connectivity index is 1.44. The number of hydrogen-bond donors (Lipinski definition) is 3. The van der Waals surface area contributed by atoms with Crippen LogP contribution >= 0.6 is 0 Å². The zero-order valence-corrected chi connectivity index (χ0v) is 15.1. The number of nitrogens with zero attached hydrogens (tertiary/aromatic N) is 2. The molecule has 1 amide bonds. The van der Waals surface area contributed by atoms with Gasteiger partial charge in [0, 0.05) is 18.9 Å². The molecule has 0 saturated carbocycles. The van der Waals surface area contributed by atoms with E-state index in [1.54, 1.807) is 12.5 Å². The van der Waals surface area contributed by atoms with E-state index < -0.39 is 0 Å². The molecule has 3 N–H and O–H groups in total. The number of carbonyl (C=O) groups is 1. The van der Waals surface area contributed by atoms with Crippen LogP contribution in [0, 0.1) is 6.92 Å². The number of amides is 1. The van der Waals surface area contributed by atoms with Gasteiger partial charge >= 0.3 is 0 Å². The number of aryl methyl sites for hydroxylation is 1. The van der Waals surface area contributed by atoms with E-state index in [9.17, 15) is 4.79 Å². The van der Waals surface area contributed by atoms with E-state index in [4.69, 9.17) is 4.42 Å². The van der Waals surface area contributed by atoms with Gasteiger partial charge in [-0.1, -0.05) is 30.3 Å². The van der Waals surface area contributed by atoms with Crippen LogP contribution in [0.2, 0.25) is 0 Å². The van der Waals surface area contributed by atoms with Crippen molar-refractivity contribution in [3.05, 3.63) is 78.3 Å². The van der Waals surface area contributed by atoms with Crippen molar-refractivity contribution >= 4 is 5.91 Å². The summed E-state index contributed by atoms with van der Waals surface area (Å²) in [6.45, 7) is 2.54. The standard InChI is InChI=1S/C20H23N5O2/c1-14-7-8-19(27-14)16-11-17(24-23-16)20(26)22-18(12-25-10-9-21-13-25)15-5-3-2-4-6-15/h2-10,13,16-18,23-24H,11-12H2,1H3,(H,22,26). The van der Waals surface area contributed by atoms with Crippen molar-refractivity contribution in [3.8, 4) is 0 Å². The normalized spacial score (nSPS) is 20.5. The topological polar surface area (TPSA) is 84.1 Å². The molecule has 1 fully saturated rings. The molecule has 0 radical (unpaired) electrons. The summed E-state index contributed by atoms with van der Waals surface area (Å²) in [4.78, 5) is 17.0. The minimum atomic E-state index is -0.325. The van der Waals surface area contributed by atoms with Crippen molar-refractivity contribution in [2.45, 2.75) is 38.0 Å². The largest absolute Gasteiger partial charge is 0.465 e. The highest BCUT2D eigenvalue weighted by molar-refractivity contribution is 5.82. The lowest BCUT2D eigenvalue weighted by atomic mass is 10.0. The van der Waals surface area contributed by atoms with Gasteiger partial charge in [-0.05, 0) is 31.0 Å². The summed E-state index contributed by atoms with van der Waals surface area (Å²) >= 11 is 0. The first kappa shape index (κ1) is 17.5. The minimum Gasteiger partial charge on any atom is -0.465 e. The lowest BCUT2D eigenvalue weighted by Crippen LogP contribution is -2.45. The summed E-state index contributed by atoms with van der Waals surface area (Å²) in [5.41, 5.74) is 7.30. The van der Waals surface area contributed by atoms with Crippen LogP contribution in [-0.4, -0.2) is 21.5 Å². The number of aromatic nitrogens is 2. The molecule has 1 saturated heterocycles. The summed E-state index contributed by atoms with van der Waals surface area (Å²) in [6.07, 6.45) is 6.02. The van der Waals surface area contributed by atoms with E-state index in [-0.39, 0.29) is 24.0 Å². The van der Waals surface area contributed by atoms with Crippen molar-refractivity contribution in [2.24, 2.45) is 0 Å². The molecule has 3 aromatic rings. The molecular weight excluding hydrogens is 342 g/mol. The Morgan fingerprint density at radius 2 is 2.15 bits per heavy atom. The average Bonchev–Trinajstić information content (AvgIpc) is 3.43. The molecule has 0 aliphatic carbocycles. The van der Waals surface area contributed by atoms with Crippen molar-refractivity contribution in [2.75, 3.05) is 0 Å². The Morgan fingerprint density at radius 3 is 2.85 bits per heavy atom. The van der Waals surface area contributed by atoms with Crippen LogP contribution in [0.1, 0.15) is 35.6 Å². The zero-order valence-electron chi connectivity index (χ0n) is 15.1. The first-order valence-corrected chi connectivity index (χ1v) is 9.07. The fourth-order valence-corrected chi connectivity index (χ4v) is 3.35. The molecule has 7 heteroatoms. The van der Waals surface area contributed by atoms with Gasteiger partial charge in [-0.15, -0.1) is 0 Å². The maximum atomic E-state index is 12.9. The molecule has 2 aromatic heterocycles. The van der Waals surface area contributed by atoms with E-state index >= 15 is 0 Å². The highest BCUT2D eigenvalue weighted by Crippen LogP contribution is 2.24. The highest BCUT2D eigenvalue weighted by Gasteiger charge is 2.32. The third-order valence-electron chi connectivity index (χ3n) is 4.80. The van der Waals surface area contributed by atoms with Crippen LogP contribution in [-0.2, 0) is 11.3 Å². The predicted molar refractivity (Wildman–Crippen MR) is 100 cm³/mol. The Kier molecular flexibility index (Phi) is 5.04. The van der Waals surface area contributed by atoms with E-state index in [0.717, 1.165) is 17.1 Å². The molecule has 3 unspecified atom stereocenters. The quantitative estimate of drug-likeness (QED) is 0.624. The van der Waals surface area contributed by atoms with Crippen molar-refractivity contribution in [1.82, 2.24) is 25.7 Å². The summed E-state index contributed by atoms with van der Waals surface area (Å²) in [5.74, 6) is 1.67. The molecule has 27 heavy (non-hydrogen) atoms. The predicted octanol–water partition coefficient (Wildman–Crippen LogP) is 2.25. The van der Waals surface area contributed by atoms with E-state index in [0.29, 0.717) is 13.0 Å². The van der Waals surface area contributed by atoms with Gasteiger partial charge in [0.25, 0.3) is 0 Å². The van der Waals surface area contributed by atoms with Crippen molar-refractivity contribution in [3.63, 3.8) is 0 Å². The molecule has 1 aliphatic rings. The van der Waals surface area contributed by atoms with Gasteiger partial charge in [-0.25, -0.2) is 15.8 Å². The molecule has 4 rings (SSSR count). The molecule has 7 nitrogen and oxygen atoms in total. The van der Waals surface area contributed by atoms with Gasteiger partial charge in [-0.2, -0.15) is 0 Å². The van der Waals surface area contributed by atoms with Crippen molar-refractivity contribution < 1.29 is 9.21 Å². The summed E-state index contributed by atoms with van der Waals surface area (Å²) < 4.78 is 7.64. The molecule has 3 heterocycles. The number of hydrogen-bond acceptors (Lipinski definition) is 5. The van der Waals surface area contributed by atoms with E-state index in [1.807, 2.05) is 60.2 Å². The molecule has 140 valence electrons. The van der Waals surface area contributed by atoms with Crippen LogP contribution in [0.25, 0.3) is 0 Å². The van der Waals surface area contributed by atoms with Gasteiger partial charge in [0.15, 0.2) is 0 Å². The van der Waals surface area contributed by atoms with Crippen LogP contribution in [0.3, 0.4) is 0 Å². The van der Waals surface area contributed by atoms with Gasteiger partial charge in [0.2, 0.25) is 5.91 Å². The van der Waals surface area contributed by atoms with Crippen LogP contribution in [0.15, 0.2) is 65.6 Å². The average molecular weight is 365 g/mol. The van der Waals surface area contributed by atoms with Crippen molar-refractivity contribution in [1.29, 1.82) is 0 Å². The third-order valence-corrected chi connectivity index (χ3v) is 4.80. The van der Waals surface area contributed by atoms with Crippen LogP contribution in [0.4, 0.5) is 0 Å². The van der Waals surface area contributed by atoms with E-state index in [2.05, 4.69) is 21.2 Å². The monoisotopic (exact) mass is 365 g/mol. The number of carbonyl (C=O) groups excluding carboxylic acids is 1. The fraction of sp³-hybridized carbons (Fsp3) is 0.300. The van der Waals surface area contributed by atoms with Gasteiger partial charge in [0.1, 0.15) is 17.6 Å². The Labute approximate surface area is 157 Å². The molecule has 3 atom stereocenters. The summed E-state index contributed by atoms with van der Waals surface area (Å²) in [7, 11) is 0. The highest BCUT2D eigenvalue weighted by atomic mass is 16.3. The van der Waals surface area contributed by atoms with Gasteiger partial charge in [0.05, 0.1) is 18.4 Å². The smallest absolute Gasteiger partial charge is 0.239 e. The summed E-state index contributed by atoms with van der Waals surface area (Å²) in [6, 6.07) is 13.4. The number of benzene rings is 1. The Morgan fingerprint density at radius 1 is 1.30 bits per heavy atom. The van der Waals surface area contributed by atoms with E-state index in [1.165, 1.54) is 0 Å². The Bertz CT molecular complexity index is 875. The minimum absolute atomic E-state index is 0.0155. The molecule has 0 spiro atoms. The first-order valence-electron chi connectivity index (χ1n) is 9.07. The maximum absolute atomic E-state index is 12.9. The lowest BCUT2D eigenvalue weighted by Gasteiger charge is -2.21. The number of furan rings is 1. The summed E-state index contributed by atoms with van der Waals surface area (Å²) in [5, 5.41) is 3.17. The second-order valence-corrected chi connectivity index (χ2v) is 6.81. The SMILES string of the molecule is Cc1ccc(C2CC(C(=O)NC(Cn3ccnc3)c3ccccc3)NN2)o1. The number of nitrogens with one attached hydrogen (secondary N) is 3. The second kappa shape index (κ2) is 7.77. The molecular formula is C20H23N5O2. The van der Waals surface area contributed by atoms with Crippen LogP contribution in [0.5, 0.6) is 0 Å². The van der Waals surface area contributed by atoms with Gasteiger partial charge in [-0.3, -0.25) is 4.79 Å². The third kappa shape index (κ3) is 4.10.